The number of amides is 2. The SMILES string of the molecule is COc1ccc(C=NNC(=O)c2ccc(Cl)c(Cl)c2)cc1COc1ccccc1C(N)=O. The minimum Gasteiger partial charge on any atom is -0.496 e. The Balaban J connectivity index is 1.71. The van der Waals surface area contributed by atoms with E-state index in [4.69, 9.17) is 38.4 Å². The quantitative estimate of drug-likeness (QED) is 0.374. The molecule has 9 heteroatoms. The summed E-state index contributed by atoms with van der Waals surface area (Å²) in [4.78, 5) is 23.8. The molecule has 3 rings (SSSR count). The van der Waals surface area contributed by atoms with Crippen molar-refractivity contribution in [3.63, 3.8) is 0 Å². The Morgan fingerprint density at radius 3 is 2.53 bits per heavy atom. The Bertz CT molecular complexity index is 1180. The van der Waals surface area contributed by atoms with Gasteiger partial charge in [-0.15, -0.1) is 0 Å². The molecular weight excluding hydrogens is 453 g/mol. The van der Waals surface area contributed by atoms with Gasteiger partial charge in [-0.3, -0.25) is 9.59 Å². The van der Waals surface area contributed by atoms with Crippen LogP contribution >= 0.6 is 23.2 Å². The fourth-order valence-electron chi connectivity index (χ4n) is 2.81. The van der Waals surface area contributed by atoms with Gasteiger partial charge in [-0.1, -0.05) is 35.3 Å². The summed E-state index contributed by atoms with van der Waals surface area (Å²) in [5, 5.41) is 4.62. The van der Waals surface area contributed by atoms with E-state index in [-0.39, 0.29) is 17.2 Å². The van der Waals surface area contributed by atoms with Crippen LogP contribution in [-0.4, -0.2) is 25.1 Å². The first-order chi connectivity index (χ1) is 15.4. The number of carbonyl (C=O) groups is 2. The minimum absolute atomic E-state index is 0.130. The number of ether oxygens (including phenoxy) is 2. The Morgan fingerprint density at radius 2 is 1.81 bits per heavy atom. The molecule has 0 aliphatic carbocycles. The maximum Gasteiger partial charge on any atom is 0.271 e. The fraction of sp³-hybridized carbons (Fsp3) is 0.0870. The molecule has 2 amide bonds. The first kappa shape index (κ1) is 23.1. The maximum atomic E-state index is 12.2. The Kier molecular flexibility index (Phi) is 7.70. The zero-order valence-corrected chi connectivity index (χ0v) is 18.5. The highest BCUT2D eigenvalue weighted by Crippen LogP contribution is 2.24. The van der Waals surface area contributed by atoms with E-state index in [2.05, 4.69) is 10.5 Å². The lowest BCUT2D eigenvalue weighted by Crippen LogP contribution is -2.17. The van der Waals surface area contributed by atoms with Crippen LogP contribution in [0, 0.1) is 0 Å². The summed E-state index contributed by atoms with van der Waals surface area (Å²) in [5.41, 5.74) is 9.85. The van der Waals surface area contributed by atoms with E-state index in [1.54, 1.807) is 55.6 Å². The predicted octanol–water partition coefficient (Wildman–Crippen LogP) is 4.44. The molecule has 0 bridgehead atoms. The Labute approximate surface area is 194 Å². The summed E-state index contributed by atoms with van der Waals surface area (Å²) in [6, 6.07) is 16.6. The molecule has 0 saturated carbocycles. The molecule has 0 aliphatic rings. The molecule has 32 heavy (non-hydrogen) atoms. The first-order valence-electron chi connectivity index (χ1n) is 9.36. The van der Waals surface area contributed by atoms with Crippen LogP contribution in [0.2, 0.25) is 10.0 Å². The lowest BCUT2D eigenvalue weighted by atomic mass is 10.1. The van der Waals surface area contributed by atoms with Crippen molar-refractivity contribution in [2.45, 2.75) is 6.61 Å². The number of hydrogen-bond donors (Lipinski definition) is 2. The number of primary amides is 1. The Hall–Kier alpha value is -3.55. The van der Waals surface area contributed by atoms with Crippen LogP contribution < -0.4 is 20.6 Å². The van der Waals surface area contributed by atoms with Gasteiger partial charge in [0, 0.05) is 11.1 Å². The molecular formula is C23H19Cl2N3O4. The number of methoxy groups -OCH3 is 1. The summed E-state index contributed by atoms with van der Waals surface area (Å²) >= 11 is 11.8. The third-order valence-corrected chi connectivity index (χ3v) is 5.14. The Morgan fingerprint density at radius 1 is 1.03 bits per heavy atom. The van der Waals surface area contributed by atoms with E-state index in [0.717, 1.165) is 0 Å². The molecule has 3 aromatic carbocycles. The van der Waals surface area contributed by atoms with Gasteiger partial charge in [0.25, 0.3) is 11.8 Å². The van der Waals surface area contributed by atoms with E-state index in [1.807, 2.05) is 0 Å². The number of nitrogens with two attached hydrogens (primary N) is 1. The normalized spacial score (nSPS) is 10.7. The van der Waals surface area contributed by atoms with Crippen molar-refractivity contribution in [2.75, 3.05) is 7.11 Å². The average Bonchev–Trinajstić information content (AvgIpc) is 2.79. The number of rotatable bonds is 8. The smallest absolute Gasteiger partial charge is 0.271 e. The van der Waals surface area contributed by atoms with Crippen molar-refractivity contribution in [2.24, 2.45) is 10.8 Å². The van der Waals surface area contributed by atoms with Crippen molar-refractivity contribution in [1.82, 2.24) is 5.43 Å². The van der Waals surface area contributed by atoms with E-state index in [1.165, 1.54) is 18.3 Å². The van der Waals surface area contributed by atoms with E-state index in [0.29, 0.717) is 33.2 Å². The number of benzene rings is 3. The van der Waals surface area contributed by atoms with Gasteiger partial charge in [0.15, 0.2) is 0 Å². The van der Waals surface area contributed by atoms with E-state index in [9.17, 15) is 9.59 Å². The zero-order valence-electron chi connectivity index (χ0n) is 17.0. The van der Waals surface area contributed by atoms with Crippen molar-refractivity contribution in [3.05, 3.63) is 93.0 Å². The van der Waals surface area contributed by atoms with Gasteiger partial charge in [-0.25, -0.2) is 5.43 Å². The van der Waals surface area contributed by atoms with Gasteiger partial charge in [0.05, 0.1) is 28.9 Å². The van der Waals surface area contributed by atoms with Crippen molar-refractivity contribution in [3.8, 4) is 11.5 Å². The number of halogens is 2. The molecule has 0 aromatic heterocycles. The largest absolute Gasteiger partial charge is 0.496 e. The molecule has 164 valence electrons. The highest BCUT2D eigenvalue weighted by Gasteiger charge is 2.11. The van der Waals surface area contributed by atoms with Gasteiger partial charge in [-0.05, 0) is 54.1 Å². The van der Waals surface area contributed by atoms with Crippen LogP contribution in [0.4, 0.5) is 0 Å². The molecule has 0 radical (unpaired) electrons. The van der Waals surface area contributed by atoms with E-state index < -0.39 is 11.8 Å². The number of hydrazone groups is 1. The lowest BCUT2D eigenvalue weighted by molar-refractivity contribution is 0.0953. The number of nitrogens with zero attached hydrogens (tertiary/aromatic N) is 1. The summed E-state index contributed by atoms with van der Waals surface area (Å²) in [5.74, 6) is -0.0420. The van der Waals surface area contributed by atoms with E-state index >= 15 is 0 Å². The highest BCUT2D eigenvalue weighted by molar-refractivity contribution is 6.42. The zero-order chi connectivity index (χ0) is 23.1. The van der Waals surface area contributed by atoms with Crippen molar-refractivity contribution >= 4 is 41.2 Å². The molecule has 0 atom stereocenters. The third-order valence-electron chi connectivity index (χ3n) is 4.40. The second-order valence-corrected chi connectivity index (χ2v) is 7.36. The van der Waals surface area contributed by atoms with Gasteiger partial charge in [0.1, 0.15) is 18.1 Å². The summed E-state index contributed by atoms with van der Waals surface area (Å²) < 4.78 is 11.2. The lowest BCUT2D eigenvalue weighted by Gasteiger charge is -2.12. The molecule has 3 aromatic rings. The molecule has 0 saturated heterocycles. The standard InChI is InChI=1S/C23H19Cl2N3O4/c1-31-20-9-6-14(12-27-28-23(30)15-7-8-18(24)19(25)11-15)10-16(20)13-32-21-5-3-2-4-17(21)22(26)29/h2-12H,13H2,1H3,(H2,26,29)(H,28,30). The molecule has 3 N–H and O–H groups in total. The van der Waals surface area contributed by atoms with Gasteiger partial charge < -0.3 is 15.2 Å². The van der Waals surface area contributed by atoms with Crippen molar-refractivity contribution < 1.29 is 19.1 Å². The summed E-state index contributed by atoms with van der Waals surface area (Å²) in [7, 11) is 1.54. The van der Waals surface area contributed by atoms with Crippen LogP contribution in [0.15, 0.2) is 65.8 Å². The minimum atomic E-state index is -0.578. The van der Waals surface area contributed by atoms with Gasteiger partial charge in [0.2, 0.25) is 0 Å². The van der Waals surface area contributed by atoms with Gasteiger partial charge in [-0.2, -0.15) is 5.10 Å². The molecule has 0 heterocycles. The van der Waals surface area contributed by atoms with Crippen molar-refractivity contribution in [1.29, 1.82) is 0 Å². The number of hydrogen-bond acceptors (Lipinski definition) is 5. The number of nitrogens with one attached hydrogen (secondary N) is 1. The first-order valence-corrected chi connectivity index (χ1v) is 10.1. The second kappa shape index (κ2) is 10.7. The summed E-state index contributed by atoms with van der Waals surface area (Å²) in [6.45, 7) is 0.130. The molecule has 0 fully saturated rings. The molecule has 7 nitrogen and oxygen atoms in total. The summed E-state index contributed by atoms with van der Waals surface area (Å²) in [6.07, 6.45) is 1.48. The van der Waals surface area contributed by atoms with Crippen LogP contribution in [0.1, 0.15) is 31.8 Å². The third kappa shape index (κ3) is 5.78. The monoisotopic (exact) mass is 471 g/mol. The van der Waals surface area contributed by atoms with Crippen LogP contribution in [0.3, 0.4) is 0 Å². The van der Waals surface area contributed by atoms with Gasteiger partial charge >= 0.3 is 0 Å². The van der Waals surface area contributed by atoms with Crippen LogP contribution in [0.5, 0.6) is 11.5 Å². The molecule has 0 spiro atoms. The highest BCUT2D eigenvalue weighted by atomic mass is 35.5. The van der Waals surface area contributed by atoms with Crippen LogP contribution in [-0.2, 0) is 6.61 Å². The fourth-order valence-corrected chi connectivity index (χ4v) is 3.11. The predicted molar refractivity (Wildman–Crippen MR) is 124 cm³/mol. The number of carbonyl (C=O) groups excluding carboxylic acids is 2. The second-order valence-electron chi connectivity index (χ2n) is 6.55. The number of para-hydroxylation sites is 1. The topological polar surface area (TPSA) is 103 Å². The molecule has 0 aliphatic heterocycles. The average molecular weight is 472 g/mol. The molecule has 0 unspecified atom stereocenters. The van der Waals surface area contributed by atoms with Crippen LogP contribution in [0.25, 0.3) is 0 Å². The maximum absolute atomic E-state index is 12.2.